The molecule has 2 aromatic carbocycles. The highest BCUT2D eigenvalue weighted by Crippen LogP contribution is 2.32. The largest absolute Gasteiger partial charge is 0.496 e. The number of aromatic nitrogens is 2. The van der Waals surface area contributed by atoms with Crippen LogP contribution in [0, 0.1) is 12.7 Å². The smallest absolute Gasteiger partial charge is 0.250 e. The average molecular weight is 431 g/mol. The molecule has 4 rings (SSSR count). The summed E-state index contributed by atoms with van der Waals surface area (Å²) in [5, 5.41) is 8.03. The first-order valence-corrected chi connectivity index (χ1v) is 11.1. The summed E-state index contributed by atoms with van der Waals surface area (Å²) in [6.07, 6.45) is 1.10. The third-order valence-corrected chi connectivity index (χ3v) is 7.25. The van der Waals surface area contributed by atoms with Crippen molar-refractivity contribution in [2.24, 2.45) is 0 Å². The lowest BCUT2D eigenvalue weighted by atomic mass is 9.98. The molecule has 2 heterocycles. The molecule has 30 heavy (non-hydrogen) atoms. The van der Waals surface area contributed by atoms with Gasteiger partial charge >= 0.3 is 0 Å². The van der Waals surface area contributed by atoms with Gasteiger partial charge < -0.3 is 9.15 Å². The van der Waals surface area contributed by atoms with Gasteiger partial charge in [0, 0.05) is 19.0 Å². The Hall–Kier alpha value is -2.78. The van der Waals surface area contributed by atoms with Crippen LogP contribution in [0.2, 0.25) is 0 Å². The monoisotopic (exact) mass is 431 g/mol. The molecule has 9 heteroatoms. The van der Waals surface area contributed by atoms with Crippen LogP contribution in [0.1, 0.15) is 30.2 Å². The van der Waals surface area contributed by atoms with Gasteiger partial charge in [-0.05, 0) is 55.7 Å². The fourth-order valence-electron chi connectivity index (χ4n) is 3.65. The number of benzene rings is 2. The number of halogens is 1. The van der Waals surface area contributed by atoms with Crippen LogP contribution in [-0.4, -0.2) is 43.1 Å². The summed E-state index contributed by atoms with van der Waals surface area (Å²) in [6, 6.07) is 11.1. The zero-order chi connectivity index (χ0) is 21.3. The van der Waals surface area contributed by atoms with E-state index in [1.807, 2.05) is 6.92 Å². The highest BCUT2D eigenvalue weighted by molar-refractivity contribution is 7.89. The molecule has 0 atom stereocenters. The molecule has 0 saturated carbocycles. The van der Waals surface area contributed by atoms with Gasteiger partial charge in [-0.2, -0.15) is 4.31 Å². The predicted molar refractivity (Wildman–Crippen MR) is 108 cm³/mol. The van der Waals surface area contributed by atoms with E-state index < -0.39 is 15.8 Å². The second kappa shape index (κ2) is 8.16. The van der Waals surface area contributed by atoms with Gasteiger partial charge in [-0.25, -0.2) is 12.8 Å². The number of hydrogen-bond acceptors (Lipinski definition) is 6. The number of nitrogens with zero attached hydrogens (tertiary/aromatic N) is 3. The van der Waals surface area contributed by atoms with Gasteiger partial charge in [0.15, 0.2) is 0 Å². The van der Waals surface area contributed by atoms with E-state index in [1.165, 1.54) is 10.4 Å². The van der Waals surface area contributed by atoms with Crippen LogP contribution in [0.4, 0.5) is 4.39 Å². The van der Waals surface area contributed by atoms with Crippen molar-refractivity contribution in [2.45, 2.75) is 30.6 Å². The molecule has 0 N–H and O–H groups in total. The van der Waals surface area contributed by atoms with Crippen molar-refractivity contribution >= 4 is 10.0 Å². The van der Waals surface area contributed by atoms with Crippen LogP contribution < -0.4 is 4.74 Å². The predicted octanol–water partition coefficient (Wildman–Crippen LogP) is 3.76. The fourth-order valence-corrected chi connectivity index (χ4v) is 5.20. The zero-order valence-corrected chi connectivity index (χ0v) is 17.5. The number of methoxy groups -OCH3 is 1. The quantitative estimate of drug-likeness (QED) is 0.611. The maximum absolute atomic E-state index is 13.9. The number of sulfonamides is 1. The molecule has 3 aromatic rings. The van der Waals surface area contributed by atoms with E-state index in [0.717, 1.165) is 5.56 Å². The molecule has 0 unspecified atom stereocenters. The normalized spacial score (nSPS) is 16.0. The molecule has 1 aromatic heterocycles. The summed E-state index contributed by atoms with van der Waals surface area (Å²) in [5.74, 6) is 0.692. The van der Waals surface area contributed by atoms with Crippen LogP contribution in [0.3, 0.4) is 0 Å². The second-order valence-corrected chi connectivity index (χ2v) is 9.17. The van der Waals surface area contributed by atoms with Crippen molar-refractivity contribution in [3.8, 4) is 17.2 Å². The fraction of sp³-hybridized carbons (Fsp3) is 0.333. The maximum atomic E-state index is 13.9. The van der Waals surface area contributed by atoms with E-state index in [2.05, 4.69) is 10.2 Å². The highest BCUT2D eigenvalue weighted by atomic mass is 32.2. The Kier molecular flexibility index (Phi) is 5.57. The zero-order valence-electron chi connectivity index (χ0n) is 16.7. The Balaban J connectivity index is 1.46. The Morgan fingerprint density at radius 2 is 1.87 bits per heavy atom. The topological polar surface area (TPSA) is 85.5 Å². The lowest BCUT2D eigenvalue weighted by Gasteiger charge is -2.29. The molecule has 1 aliphatic rings. The molecule has 158 valence electrons. The lowest BCUT2D eigenvalue weighted by Crippen LogP contribution is -2.38. The molecule has 1 saturated heterocycles. The van der Waals surface area contributed by atoms with Gasteiger partial charge in [0.05, 0.1) is 17.6 Å². The second-order valence-electron chi connectivity index (χ2n) is 7.24. The minimum Gasteiger partial charge on any atom is -0.496 e. The first-order chi connectivity index (χ1) is 14.4. The molecule has 0 radical (unpaired) electrons. The van der Waals surface area contributed by atoms with Crippen LogP contribution >= 0.6 is 0 Å². The Morgan fingerprint density at radius 1 is 1.13 bits per heavy atom. The minimum absolute atomic E-state index is 0.0675. The molecule has 0 spiro atoms. The molecule has 0 aliphatic carbocycles. The van der Waals surface area contributed by atoms with Gasteiger partial charge in [-0.1, -0.05) is 12.1 Å². The summed E-state index contributed by atoms with van der Waals surface area (Å²) in [6.45, 7) is 2.50. The average Bonchev–Trinajstić information content (AvgIpc) is 3.24. The van der Waals surface area contributed by atoms with Gasteiger partial charge in [0.2, 0.25) is 15.9 Å². The summed E-state index contributed by atoms with van der Waals surface area (Å²) >= 11 is 0. The molecule has 7 nitrogen and oxygen atoms in total. The highest BCUT2D eigenvalue weighted by Gasteiger charge is 2.32. The van der Waals surface area contributed by atoms with E-state index >= 15 is 0 Å². The third kappa shape index (κ3) is 3.82. The van der Waals surface area contributed by atoms with Crippen molar-refractivity contribution < 1.29 is 22.0 Å². The maximum Gasteiger partial charge on any atom is 0.250 e. The third-order valence-electron chi connectivity index (χ3n) is 5.35. The van der Waals surface area contributed by atoms with E-state index in [1.54, 1.807) is 43.5 Å². The number of rotatable bonds is 5. The van der Waals surface area contributed by atoms with Crippen molar-refractivity contribution in [1.29, 1.82) is 0 Å². The van der Waals surface area contributed by atoms with Crippen molar-refractivity contribution in [3.63, 3.8) is 0 Å². The first kappa shape index (κ1) is 20.5. The van der Waals surface area contributed by atoms with Gasteiger partial charge in [-0.3, -0.25) is 0 Å². The molecule has 1 aliphatic heterocycles. The van der Waals surface area contributed by atoms with Gasteiger partial charge in [-0.15, -0.1) is 10.2 Å². The summed E-state index contributed by atoms with van der Waals surface area (Å²) in [5.41, 5.74) is 1.02. The molecular formula is C21H22FN3O4S. The lowest BCUT2D eigenvalue weighted by molar-refractivity contribution is 0.291. The summed E-state index contributed by atoms with van der Waals surface area (Å²) < 4.78 is 52.3. The Labute approximate surface area is 174 Å². The Morgan fingerprint density at radius 3 is 2.53 bits per heavy atom. The summed E-state index contributed by atoms with van der Waals surface area (Å²) in [4.78, 5) is 0.249. The van der Waals surface area contributed by atoms with Gasteiger partial charge in [0.1, 0.15) is 11.6 Å². The SMILES string of the molecule is COc1ccc(S(=O)(=O)N2CCC(c3nnc(-c4ccccc4F)o3)CC2)cc1C. The minimum atomic E-state index is -3.60. The van der Waals surface area contributed by atoms with Crippen molar-refractivity contribution in [1.82, 2.24) is 14.5 Å². The van der Waals surface area contributed by atoms with Crippen molar-refractivity contribution in [3.05, 3.63) is 59.7 Å². The number of ether oxygens (including phenoxy) is 1. The first-order valence-electron chi connectivity index (χ1n) is 9.63. The standard InChI is InChI=1S/C21H22FN3O4S/c1-14-13-16(7-8-19(14)28-2)30(26,27)25-11-9-15(10-12-25)20-23-24-21(29-20)17-5-3-4-6-18(17)22/h3-8,13,15H,9-12H2,1-2H3. The number of aryl methyl sites for hydroxylation is 1. The molecule has 0 bridgehead atoms. The molecule has 0 amide bonds. The molecule has 1 fully saturated rings. The van der Waals surface area contributed by atoms with E-state index in [-0.39, 0.29) is 22.3 Å². The van der Waals surface area contributed by atoms with Crippen molar-refractivity contribution in [2.75, 3.05) is 20.2 Å². The van der Waals surface area contributed by atoms with Crippen LogP contribution in [0.5, 0.6) is 5.75 Å². The van der Waals surface area contributed by atoms with Crippen LogP contribution in [0.15, 0.2) is 51.8 Å². The van der Waals surface area contributed by atoms with E-state index in [9.17, 15) is 12.8 Å². The number of piperidine rings is 1. The number of hydrogen-bond donors (Lipinski definition) is 0. The van der Waals surface area contributed by atoms with E-state index in [4.69, 9.17) is 9.15 Å². The van der Waals surface area contributed by atoms with E-state index in [0.29, 0.717) is 37.6 Å². The van der Waals surface area contributed by atoms with Crippen LogP contribution in [0.25, 0.3) is 11.5 Å². The molecular weight excluding hydrogens is 409 g/mol. The summed E-state index contributed by atoms with van der Waals surface area (Å²) in [7, 11) is -2.04. The van der Waals surface area contributed by atoms with Gasteiger partial charge in [0.25, 0.3) is 5.89 Å². The Bertz CT molecular complexity index is 1150. The van der Waals surface area contributed by atoms with Crippen LogP contribution in [-0.2, 0) is 10.0 Å².